The lowest BCUT2D eigenvalue weighted by Gasteiger charge is -2.28. The summed E-state index contributed by atoms with van der Waals surface area (Å²) < 4.78 is 24.5. The fraction of sp³-hybridized carbons (Fsp3) is 0.308. The van der Waals surface area contributed by atoms with E-state index in [0.717, 1.165) is 17.8 Å². The van der Waals surface area contributed by atoms with Gasteiger partial charge in [-0.25, -0.2) is 8.70 Å². The molecular weight excluding hydrogens is 279 g/mol. The van der Waals surface area contributed by atoms with Crippen molar-refractivity contribution in [3.8, 4) is 6.07 Å². The second-order valence-corrected chi connectivity index (χ2v) is 5.41. The summed E-state index contributed by atoms with van der Waals surface area (Å²) in [6.07, 6.45) is 1.54. The Morgan fingerprint density at radius 3 is 3.20 bits per heavy atom. The minimum absolute atomic E-state index is 0.328. The summed E-state index contributed by atoms with van der Waals surface area (Å²) in [5.74, 6) is -0.364. The van der Waals surface area contributed by atoms with E-state index in [4.69, 9.17) is 10.00 Å². The fourth-order valence-corrected chi connectivity index (χ4v) is 3.13. The van der Waals surface area contributed by atoms with Crippen molar-refractivity contribution in [2.24, 2.45) is 0 Å². The van der Waals surface area contributed by atoms with Crippen LogP contribution in [-0.2, 0) is 11.3 Å². The second-order valence-electron chi connectivity index (χ2n) is 4.51. The van der Waals surface area contributed by atoms with Crippen molar-refractivity contribution in [3.05, 3.63) is 29.2 Å². The maximum absolute atomic E-state index is 14.2. The topological polar surface area (TPSA) is 64.1 Å². The Balaban J connectivity index is 2.01. The van der Waals surface area contributed by atoms with Gasteiger partial charge in [-0.15, -0.1) is 0 Å². The molecule has 0 saturated heterocycles. The summed E-state index contributed by atoms with van der Waals surface area (Å²) in [7, 11) is 1.65. The van der Waals surface area contributed by atoms with E-state index >= 15 is 0 Å². The van der Waals surface area contributed by atoms with Crippen molar-refractivity contribution >= 4 is 28.7 Å². The SMILES string of the molecule is COCCN1Cc2cc(F)c3c(C#N)c[nH]c3c2NS1. The number of methoxy groups -OCH3 is 1. The van der Waals surface area contributed by atoms with E-state index in [2.05, 4.69) is 14.0 Å². The van der Waals surface area contributed by atoms with Crippen molar-refractivity contribution < 1.29 is 9.13 Å². The van der Waals surface area contributed by atoms with Crippen LogP contribution in [0.2, 0.25) is 0 Å². The summed E-state index contributed by atoms with van der Waals surface area (Å²) in [6, 6.07) is 3.50. The number of aromatic amines is 1. The molecule has 0 radical (unpaired) electrons. The predicted molar refractivity (Wildman–Crippen MR) is 76.5 cm³/mol. The second kappa shape index (κ2) is 5.32. The molecular formula is C13H13FN4OS. The number of hydrogen-bond acceptors (Lipinski definition) is 5. The molecule has 0 amide bonds. The first-order valence-electron chi connectivity index (χ1n) is 6.14. The molecule has 2 heterocycles. The van der Waals surface area contributed by atoms with Gasteiger partial charge in [0.1, 0.15) is 11.9 Å². The first-order valence-corrected chi connectivity index (χ1v) is 6.91. The Kier molecular flexibility index (Phi) is 3.53. The lowest BCUT2D eigenvalue weighted by molar-refractivity contribution is 0.181. The Labute approximate surface area is 120 Å². The van der Waals surface area contributed by atoms with Gasteiger partial charge in [0.05, 0.1) is 28.8 Å². The lowest BCUT2D eigenvalue weighted by atomic mass is 10.1. The number of H-pyrrole nitrogens is 1. The zero-order valence-corrected chi connectivity index (χ0v) is 11.7. The Bertz CT molecular complexity index is 694. The number of aromatic nitrogens is 1. The van der Waals surface area contributed by atoms with Crippen LogP contribution in [0.1, 0.15) is 11.1 Å². The molecule has 2 N–H and O–H groups in total. The quantitative estimate of drug-likeness (QED) is 0.851. The fourth-order valence-electron chi connectivity index (χ4n) is 2.31. The highest BCUT2D eigenvalue weighted by atomic mass is 32.2. The van der Waals surface area contributed by atoms with Gasteiger partial charge in [-0.05, 0) is 11.6 Å². The molecule has 2 aromatic rings. The lowest BCUT2D eigenvalue weighted by Crippen LogP contribution is -2.26. The van der Waals surface area contributed by atoms with Crippen LogP contribution in [0.25, 0.3) is 10.9 Å². The first-order chi connectivity index (χ1) is 9.74. The molecule has 0 saturated carbocycles. The number of nitrogens with one attached hydrogen (secondary N) is 2. The third kappa shape index (κ3) is 2.12. The van der Waals surface area contributed by atoms with E-state index in [9.17, 15) is 4.39 Å². The standard InChI is InChI=1S/C13H13FN4OS/c1-19-3-2-18-7-8-4-10(14)11-9(5-15)6-16-13(11)12(8)17-20-18/h4,6,16-17H,2-3,7H2,1H3. The number of fused-ring (bicyclic) bond motifs is 3. The molecule has 0 atom stereocenters. The molecule has 1 aliphatic rings. The maximum Gasteiger partial charge on any atom is 0.134 e. The van der Waals surface area contributed by atoms with Crippen LogP contribution in [0, 0.1) is 17.1 Å². The van der Waals surface area contributed by atoms with E-state index in [1.54, 1.807) is 7.11 Å². The average Bonchev–Trinajstić information content (AvgIpc) is 2.89. The van der Waals surface area contributed by atoms with Crippen LogP contribution in [0.15, 0.2) is 12.3 Å². The van der Waals surface area contributed by atoms with Crippen molar-refractivity contribution in [3.63, 3.8) is 0 Å². The van der Waals surface area contributed by atoms with E-state index in [1.807, 2.05) is 6.07 Å². The summed E-state index contributed by atoms with van der Waals surface area (Å²) in [5.41, 5.74) is 2.70. The highest BCUT2D eigenvalue weighted by molar-refractivity contribution is 7.98. The summed E-state index contributed by atoms with van der Waals surface area (Å²) >= 11 is 1.46. The number of benzene rings is 1. The van der Waals surface area contributed by atoms with Crippen LogP contribution in [-0.4, -0.2) is 29.6 Å². The number of halogens is 1. The van der Waals surface area contributed by atoms with Gasteiger partial charge in [0.15, 0.2) is 0 Å². The van der Waals surface area contributed by atoms with Crippen LogP contribution < -0.4 is 4.72 Å². The van der Waals surface area contributed by atoms with Crippen LogP contribution in [0.4, 0.5) is 10.1 Å². The maximum atomic E-state index is 14.2. The largest absolute Gasteiger partial charge is 0.383 e. The van der Waals surface area contributed by atoms with Crippen LogP contribution in [0.5, 0.6) is 0 Å². The Morgan fingerprint density at radius 2 is 2.45 bits per heavy atom. The molecule has 1 aliphatic heterocycles. The van der Waals surface area contributed by atoms with Gasteiger partial charge >= 0.3 is 0 Å². The first kappa shape index (κ1) is 13.2. The van der Waals surface area contributed by atoms with E-state index in [1.165, 1.54) is 24.4 Å². The van der Waals surface area contributed by atoms with Gasteiger partial charge in [-0.3, -0.25) is 0 Å². The minimum Gasteiger partial charge on any atom is -0.383 e. The molecule has 0 bridgehead atoms. The molecule has 0 fully saturated rings. The average molecular weight is 292 g/mol. The monoisotopic (exact) mass is 292 g/mol. The number of anilines is 1. The number of hydrogen-bond donors (Lipinski definition) is 2. The van der Waals surface area contributed by atoms with Crippen molar-refractivity contribution in [2.45, 2.75) is 6.54 Å². The highest BCUT2D eigenvalue weighted by Crippen LogP contribution is 2.37. The number of ether oxygens (including phenoxy) is 1. The third-order valence-electron chi connectivity index (χ3n) is 3.28. The highest BCUT2D eigenvalue weighted by Gasteiger charge is 2.22. The Hall–Kier alpha value is -1.75. The number of nitriles is 1. The van der Waals surface area contributed by atoms with Gasteiger partial charge < -0.3 is 14.4 Å². The van der Waals surface area contributed by atoms with E-state index in [0.29, 0.717) is 29.6 Å². The summed E-state index contributed by atoms with van der Waals surface area (Å²) in [5, 5.41) is 9.36. The Morgan fingerprint density at radius 1 is 1.60 bits per heavy atom. The smallest absolute Gasteiger partial charge is 0.134 e. The van der Waals surface area contributed by atoms with Gasteiger partial charge in [0, 0.05) is 38.5 Å². The number of rotatable bonds is 3. The molecule has 5 nitrogen and oxygen atoms in total. The summed E-state index contributed by atoms with van der Waals surface area (Å²) in [6.45, 7) is 2.00. The van der Waals surface area contributed by atoms with Gasteiger partial charge in [0.2, 0.25) is 0 Å². The molecule has 1 aromatic heterocycles. The van der Waals surface area contributed by atoms with Gasteiger partial charge in [0.25, 0.3) is 0 Å². The molecule has 1 aromatic carbocycles. The normalized spacial score (nSPS) is 14.8. The van der Waals surface area contributed by atoms with Crippen molar-refractivity contribution in [1.29, 1.82) is 5.26 Å². The zero-order valence-electron chi connectivity index (χ0n) is 10.9. The van der Waals surface area contributed by atoms with Crippen molar-refractivity contribution in [2.75, 3.05) is 25.0 Å². The van der Waals surface area contributed by atoms with E-state index < -0.39 is 0 Å². The number of nitrogens with zero attached hydrogens (tertiary/aromatic N) is 2. The molecule has 104 valence electrons. The molecule has 20 heavy (non-hydrogen) atoms. The minimum atomic E-state index is -0.364. The molecule has 0 aliphatic carbocycles. The van der Waals surface area contributed by atoms with Crippen molar-refractivity contribution in [1.82, 2.24) is 9.29 Å². The van der Waals surface area contributed by atoms with Gasteiger partial charge in [-0.2, -0.15) is 5.26 Å². The third-order valence-corrected chi connectivity index (χ3v) is 4.15. The predicted octanol–water partition coefficient (Wildman–Crippen LogP) is 2.62. The van der Waals surface area contributed by atoms with E-state index in [-0.39, 0.29) is 5.82 Å². The summed E-state index contributed by atoms with van der Waals surface area (Å²) in [4.78, 5) is 2.98. The van der Waals surface area contributed by atoms with Crippen LogP contribution >= 0.6 is 12.1 Å². The molecule has 7 heteroatoms. The van der Waals surface area contributed by atoms with Crippen LogP contribution in [0.3, 0.4) is 0 Å². The van der Waals surface area contributed by atoms with Gasteiger partial charge in [-0.1, -0.05) is 0 Å². The zero-order chi connectivity index (χ0) is 14.1. The molecule has 3 rings (SSSR count). The molecule has 0 spiro atoms. The molecule has 0 unspecified atom stereocenters.